The molecule has 1 aliphatic rings. The highest BCUT2D eigenvalue weighted by molar-refractivity contribution is 5.87. The highest BCUT2D eigenvalue weighted by atomic mass is 16.5. The number of ether oxygens (including phenoxy) is 1. The van der Waals surface area contributed by atoms with Crippen molar-refractivity contribution in [3.05, 3.63) is 204 Å². The van der Waals surface area contributed by atoms with E-state index in [1.807, 2.05) is 42.5 Å². The molecule has 1 saturated heterocycles. The minimum Gasteiger partial charge on any atom is -0.457 e. The molecule has 5 heteroatoms. The first-order valence-corrected chi connectivity index (χ1v) is 18.3. The highest BCUT2D eigenvalue weighted by Gasteiger charge is 2.31. The van der Waals surface area contributed by atoms with Gasteiger partial charge in [-0.2, -0.15) is 0 Å². The minimum atomic E-state index is -0.159. The topological polar surface area (TPSA) is 37.7 Å². The zero-order valence-corrected chi connectivity index (χ0v) is 29.3. The van der Waals surface area contributed by atoms with Gasteiger partial charge in [0.05, 0.1) is 6.04 Å². The van der Waals surface area contributed by atoms with Gasteiger partial charge in [0.15, 0.2) is 0 Å². The van der Waals surface area contributed by atoms with Crippen molar-refractivity contribution < 1.29 is 9.53 Å². The molecule has 0 unspecified atom stereocenters. The molecule has 0 bridgehead atoms. The Bertz CT molecular complexity index is 2170. The quantitative estimate of drug-likeness (QED) is 0.136. The van der Waals surface area contributed by atoms with E-state index in [1.54, 1.807) is 0 Å². The lowest BCUT2D eigenvalue weighted by atomic mass is 9.87. The van der Waals surface area contributed by atoms with Gasteiger partial charge in [-0.1, -0.05) is 140 Å². The first kappa shape index (κ1) is 33.2. The van der Waals surface area contributed by atoms with E-state index in [1.165, 1.54) is 22.1 Å². The molecule has 6 aromatic carbocycles. The Balaban J connectivity index is 1.09. The van der Waals surface area contributed by atoms with Crippen LogP contribution < -0.4 is 4.74 Å². The standard InChI is InChI=1S/C47H43N3O2/c51-46(48-28-30-49(31-29-48)47(37-18-7-2-8-19-37)38-20-9-3-10-21-38)33-43(39-22-15-25-41(32-39)52-40-23-11-4-12-24-40)44-35-50(34-36-16-5-1-6-17-36)45-27-14-13-26-42(44)45/h1-27,32,35,43,47H,28-31,33-34H2/t43-/m0/s1. The van der Waals surface area contributed by atoms with Gasteiger partial charge in [-0.05, 0) is 58.1 Å². The van der Waals surface area contributed by atoms with Crippen LogP contribution in [0.4, 0.5) is 0 Å². The largest absolute Gasteiger partial charge is 0.457 e. The van der Waals surface area contributed by atoms with Gasteiger partial charge < -0.3 is 14.2 Å². The van der Waals surface area contributed by atoms with Gasteiger partial charge in [0.25, 0.3) is 0 Å². The van der Waals surface area contributed by atoms with E-state index in [0.717, 1.165) is 47.8 Å². The average Bonchev–Trinajstić information content (AvgIpc) is 3.56. The second kappa shape index (κ2) is 15.5. The van der Waals surface area contributed by atoms with Crippen LogP contribution in [0.5, 0.6) is 11.5 Å². The maximum atomic E-state index is 14.5. The number of aromatic nitrogens is 1. The van der Waals surface area contributed by atoms with Gasteiger partial charge in [0, 0.05) is 62.2 Å². The number of para-hydroxylation sites is 2. The van der Waals surface area contributed by atoms with Crippen LogP contribution in [0.15, 0.2) is 176 Å². The lowest BCUT2D eigenvalue weighted by Gasteiger charge is -2.40. The number of carbonyl (C=O) groups is 1. The summed E-state index contributed by atoms with van der Waals surface area (Å²) in [7, 11) is 0. The molecule has 5 nitrogen and oxygen atoms in total. The summed E-state index contributed by atoms with van der Waals surface area (Å²) < 4.78 is 8.63. The maximum absolute atomic E-state index is 14.5. The molecule has 2 heterocycles. The van der Waals surface area contributed by atoms with E-state index in [9.17, 15) is 4.79 Å². The molecular weight excluding hydrogens is 639 g/mol. The molecule has 1 aromatic heterocycles. The van der Waals surface area contributed by atoms with Crippen LogP contribution in [0.2, 0.25) is 0 Å². The normalized spacial score (nSPS) is 14.1. The van der Waals surface area contributed by atoms with Gasteiger partial charge in [0.1, 0.15) is 11.5 Å². The number of fused-ring (bicyclic) bond motifs is 1. The van der Waals surface area contributed by atoms with Crippen LogP contribution in [0, 0.1) is 0 Å². The summed E-state index contributed by atoms with van der Waals surface area (Å²) in [6.45, 7) is 3.75. The minimum absolute atomic E-state index is 0.149. The molecule has 0 aliphatic carbocycles. The fraction of sp³-hybridized carbons (Fsp3) is 0.170. The van der Waals surface area contributed by atoms with Crippen LogP contribution in [-0.4, -0.2) is 46.5 Å². The lowest BCUT2D eigenvalue weighted by Crippen LogP contribution is -2.50. The number of nitrogens with zero attached hydrogens (tertiary/aromatic N) is 3. The number of rotatable bonds is 11. The Kier molecular flexibility index (Phi) is 9.94. The molecule has 1 aliphatic heterocycles. The number of hydrogen-bond acceptors (Lipinski definition) is 3. The summed E-state index contributed by atoms with van der Waals surface area (Å²) in [4.78, 5) is 19.0. The van der Waals surface area contributed by atoms with E-state index < -0.39 is 0 Å². The molecule has 0 radical (unpaired) electrons. The van der Waals surface area contributed by atoms with E-state index in [-0.39, 0.29) is 17.9 Å². The summed E-state index contributed by atoms with van der Waals surface area (Å²) in [5.74, 6) is 1.56. The van der Waals surface area contributed by atoms with Gasteiger partial charge in [-0.25, -0.2) is 0 Å². The van der Waals surface area contributed by atoms with Gasteiger partial charge >= 0.3 is 0 Å². The molecule has 1 fully saturated rings. The number of carbonyl (C=O) groups excluding carboxylic acids is 1. The third-order valence-electron chi connectivity index (χ3n) is 10.3. The Morgan fingerprint density at radius 2 is 1.13 bits per heavy atom. The fourth-order valence-electron chi connectivity index (χ4n) is 7.71. The second-order valence-corrected chi connectivity index (χ2v) is 13.6. The van der Waals surface area contributed by atoms with E-state index in [0.29, 0.717) is 19.5 Å². The summed E-state index contributed by atoms with van der Waals surface area (Å²) >= 11 is 0. The molecule has 8 rings (SSSR count). The van der Waals surface area contributed by atoms with Crippen molar-refractivity contribution in [2.24, 2.45) is 0 Å². The van der Waals surface area contributed by atoms with Crippen molar-refractivity contribution in [2.75, 3.05) is 26.2 Å². The zero-order valence-electron chi connectivity index (χ0n) is 29.3. The van der Waals surface area contributed by atoms with E-state index >= 15 is 0 Å². The average molecular weight is 682 g/mol. The van der Waals surface area contributed by atoms with Crippen LogP contribution in [0.3, 0.4) is 0 Å². The molecule has 1 atom stereocenters. The molecular formula is C47H43N3O2. The van der Waals surface area contributed by atoms with Crippen molar-refractivity contribution in [1.82, 2.24) is 14.4 Å². The number of benzene rings is 6. The molecule has 7 aromatic rings. The summed E-state index contributed by atoms with van der Waals surface area (Å²) in [5.41, 5.74) is 7.18. The number of piperazine rings is 1. The summed E-state index contributed by atoms with van der Waals surface area (Å²) in [6.07, 6.45) is 2.64. The second-order valence-electron chi connectivity index (χ2n) is 13.6. The molecule has 52 heavy (non-hydrogen) atoms. The summed E-state index contributed by atoms with van der Waals surface area (Å²) in [5, 5.41) is 1.17. The number of amides is 1. The SMILES string of the molecule is O=C(C[C@@H](c1cccc(Oc2ccccc2)c1)c1cn(Cc2ccccc2)c2ccccc12)N1CCN(C(c2ccccc2)c2ccccc2)CC1. The van der Waals surface area contributed by atoms with Crippen LogP contribution in [0.1, 0.15) is 46.2 Å². The van der Waals surface area contributed by atoms with Crippen molar-refractivity contribution >= 4 is 16.8 Å². The van der Waals surface area contributed by atoms with Gasteiger partial charge in [-0.15, -0.1) is 0 Å². The Morgan fingerprint density at radius 1 is 0.577 bits per heavy atom. The van der Waals surface area contributed by atoms with Crippen LogP contribution in [-0.2, 0) is 11.3 Å². The summed E-state index contributed by atoms with van der Waals surface area (Å²) in [6, 6.07) is 58.9. The van der Waals surface area contributed by atoms with Crippen molar-refractivity contribution in [3.63, 3.8) is 0 Å². The third-order valence-corrected chi connectivity index (χ3v) is 10.3. The molecule has 258 valence electrons. The van der Waals surface area contributed by atoms with Crippen molar-refractivity contribution in [1.29, 1.82) is 0 Å². The number of hydrogen-bond donors (Lipinski definition) is 0. The lowest BCUT2D eigenvalue weighted by molar-refractivity contribution is -0.133. The Morgan fingerprint density at radius 3 is 1.81 bits per heavy atom. The van der Waals surface area contributed by atoms with Crippen molar-refractivity contribution in [2.45, 2.75) is 24.9 Å². The first-order chi connectivity index (χ1) is 25.7. The fourth-order valence-corrected chi connectivity index (χ4v) is 7.71. The third kappa shape index (κ3) is 7.41. The zero-order chi connectivity index (χ0) is 35.1. The maximum Gasteiger partial charge on any atom is 0.223 e. The smallest absolute Gasteiger partial charge is 0.223 e. The van der Waals surface area contributed by atoms with E-state index in [2.05, 4.69) is 148 Å². The van der Waals surface area contributed by atoms with Gasteiger partial charge in [0.2, 0.25) is 5.91 Å². The van der Waals surface area contributed by atoms with Crippen LogP contribution in [0.25, 0.3) is 10.9 Å². The Labute approximate surface area is 306 Å². The monoisotopic (exact) mass is 681 g/mol. The van der Waals surface area contributed by atoms with Crippen LogP contribution >= 0.6 is 0 Å². The van der Waals surface area contributed by atoms with Gasteiger partial charge in [-0.3, -0.25) is 9.69 Å². The van der Waals surface area contributed by atoms with E-state index in [4.69, 9.17) is 4.74 Å². The molecule has 0 saturated carbocycles. The molecule has 0 N–H and O–H groups in total. The highest BCUT2D eigenvalue weighted by Crippen LogP contribution is 2.38. The van der Waals surface area contributed by atoms with Crippen molar-refractivity contribution in [3.8, 4) is 11.5 Å². The molecule has 0 spiro atoms. The molecule has 1 amide bonds. The first-order valence-electron chi connectivity index (χ1n) is 18.3. The predicted molar refractivity (Wildman–Crippen MR) is 210 cm³/mol. The predicted octanol–water partition coefficient (Wildman–Crippen LogP) is 9.94. The Hall–Kier alpha value is -5.91.